The van der Waals surface area contributed by atoms with Crippen molar-refractivity contribution in [3.05, 3.63) is 68.2 Å². The lowest BCUT2D eigenvalue weighted by atomic mass is 10.0. The lowest BCUT2D eigenvalue weighted by molar-refractivity contribution is -0.138. The highest BCUT2D eigenvalue weighted by molar-refractivity contribution is 6.33. The molecule has 0 bridgehead atoms. The van der Waals surface area contributed by atoms with E-state index in [9.17, 15) is 22.8 Å². The first-order valence-electron chi connectivity index (χ1n) is 13.2. The number of carbonyl (C=O) groups excluding carboxylic acids is 1. The highest BCUT2D eigenvalue weighted by atomic mass is 35.5. The first kappa shape index (κ1) is 28.2. The molecule has 3 aromatic rings. The number of ether oxygens (including phenoxy) is 1. The van der Waals surface area contributed by atoms with Crippen LogP contribution >= 0.6 is 11.6 Å². The number of nitrogens with zero attached hydrogens (tertiary/aromatic N) is 5. The van der Waals surface area contributed by atoms with Gasteiger partial charge in [-0.15, -0.1) is 0 Å². The topological polar surface area (TPSA) is 94.3 Å². The molecule has 0 saturated carbocycles. The Labute approximate surface area is 233 Å². The summed E-state index contributed by atoms with van der Waals surface area (Å²) in [4.78, 5) is 27.5. The fourth-order valence-corrected chi connectivity index (χ4v) is 5.32. The van der Waals surface area contributed by atoms with Crippen molar-refractivity contribution in [2.45, 2.75) is 65.0 Å². The Morgan fingerprint density at radius 1 is 1.25 bits per heavy atom. The fraction of sp³-hybridized carbons (Fsp3) is 0.481. The number of amides is 1. The molecule has 1 saturated heterocycles. The predicted octanol–water partition coefficient (Wildman–Crippen LogP) is 5.02. The maximum Gasteiger partial charge on any atom is 0.416 e. The zero-order valence-corrected chi connectivity index (χ0v) is 22.9. The van der Waals surface area contributed by atoms with E-state index < -0.39 is 23.5 Å². The number of carbonyl (C=O) groups is 1. The molecule has 40 heavy (non-hydrogen) atoms. The summed E-state index contributed by atoms with van der Waals surface area (Å²) < 4.78 is 49.5. The highest BCUT2D eigenvalue weighted by Crippen LogP contribution is 2.35. The Hall–Kier alpha value is -3.38. The Morgan fingerprint density at radius 3 is 2.73 bits per heavy atom. The number of hydrogen-bond donors (Lipinski definition) is 1. The second-order valence-electron chi connectivity index (χ2n) is 10.3. The molecule has 1 unspecified atom stereocenters. The summed E-state index contributed by atoms with van der Waals surface area (Å²) in [7, 11) is 0. The molecule has 214 valence electrons. The molecule has 0 radical (unpaired) electrons. The first-order valence-corrected chi connectivity index (χ1v) is 13.6. The third-order valence-corrected chi connectivity index (χ3v) is 7.59. The van der Waals surface area contributed by atoms with Gasteiger partial charge in [0.1, 0.15) is 5.02 Å². The van der Waals surface area contributed by atoms with E-state index in [1.165, 1.54) is 27.7 Å². The van der Waals surface area contributed by atoms with Gasteiger partial charge in [-0.1, -0.05) is 43.6 Å². The molecule has 0 aliphatic carbocycles. The van der Waals surface area contributed by atoms with Crippen molar-refractivity contribution in [3.8, 4) is 0 Å². The summed E-state index contributed by atoms with van der Waals surface area (Å²) in [6.45, 7) is 4.56. The zero-order valence-electron chi connectivity index (χ0n) is 22.2. The number of rotatable bonds is 6. The van der Waals surface area contributed by atoms with E-state index in [4.69, 9.17) is 16.3 Å². The van der Waals surface area contributed by atoms with Gasteiger partial charge in [0.05, 0.1) is 24.0 Å². The van der Waals surface area contributed by atoms with Gasteiger partial charge in [0.2, 0.25) is 5.91 Å². The van der Waals surface area contributed by atoms with Crippen LogP contribution in [-0.2, 0) is 35.2 Å². The molecule has 1 aromatic carbocycles. The lowest BCUT2D eigenvalue weighted by Gasteiger charge is -2.31. The summed E-state index contributed by atoms with van der Waals surface area (Å²) in [5.41, 5.74) is 0.682. The Bertz CT molecular complexity index is 1460. The van der Waals surface area contributed by atoms with Gasteiger partial charge in [-0.2, -0.15) is 28.1 Å². The van der Waals surface area contributed by atoms with Crippen molar-refractivity contribution in [1.82, 2.24) is 19.6 Å². The van der Waals surface area contributed by atoms with E-state index in [0.29, 0.717) is 42.9 Å². The minimum atomic E-state index is -4.51. The van der Waals surface area contributed by atoms with Crippen molar-refractivity contribution in [3.63, 3.8) is 0 Å². The van der Waals surface area contributed by atoms with Crippen LogP contribution in [0.4, 0.5) is 24.7 Å². The van der Waals surface area contributed by atoms with E-state index in [2.05, 4.69) is 15.5 Å². The van der Waals surface area contributed by atoms with E-state index in [0.717, 1.165) is 18.9 Å². The molecule has 9 nitrogen and oxygen atoms in total. The van der Waals surface area contributed by atoms with Crippen LogP contribution in [0.25, 0.3) is 0 Å². The number of hydrogen-bond acceptors (Lipinski definition) is 6. The van der Waals surface area contributed by atoms with Gasteiger partial charge in [0, 0.05) is 43.3 Å². The third kappa shape index (κ3) is 5.60. The molecule has 2 aliphatic heterocycles. The van der Waals surface area contributed by atoms with Gasteiger partial charge in [-0.25, -0.2) is 0 Å². The first-order chi connectivity index (χ1) is 19.0. The molecule has 5 rings (SSSR count). The molecule has 2 aliphatic rings. The lowest BCUT2D eigenvalue weighted by Crippen LogP contribution is -2.36. The summed E-state index contributed by atoms with van der Waals surface area (Å²) in [5, 5.41) is 11.7. The minimum absolute atomic E-state index is 0.00638. The smallest absolute Gasteiger partial charge is 0.364 e. The van der Waals surface area contributed by atoms with Gasteiger partial charge in [0.25, 0.3) is 5.56 Å². The Kier molecular flexibility index (Phi) is 7.92. The summed E-state index contributed by atoms with van der Waals surface area (Å²) in [5.74, 6) is -0.328. The number of nitrogens with one attached hydrogen (secondary N) is 1. The quantitative estimate of drug-likeness (QED) is 0.442. The van der Waals surface area contributed by atoms with Crippen LogP contribution in [0.5, 0.6) is 0 Å². The van der Waals surface area contributed by atoms with E-state index >= 15 is 0 Å². The van der Waals surface area contributed by atoms with Crippen molar-refractivity contribution in [2.24, 2.45) is 5.92 Å². The second kappa shape index (κ2) is 11.2. The molecule has 4 heterocycles. The van der Waals surface area contributed by atoms with Crippen LogP contribution in [0, 0.1) is 5.92 Å². The third-order valence-electron chi connectivity index (χ3n) is 7.24. The van der Waals surface area contributed by atoms with Crippen LogP contribution in [0.3, 0.4) is 0 Å². The summed E-state index contributed by atoms with van der Waals surface area (Å²) >= 11 is 6.55. The molecule has 13 heteroatoms. The predicted molar refractivity (Wildman–Crippen MR) is 143 cm³/mol. The second-order valence-corrected chi connectivity index (χ2v) is 10.7. The van der Waals surface area contributed by atoms with Crippen LogP contribution in [0.1, 0.15) is 61.7 Å². The highest BCUT2D eigenvalue weighted by Gasteiger charge is 2.34. The van der Waals surface area contributed by atoms with Crippen LogP contribution in [0.2, 0.25) is 5.02 Å². The van der Waals surface area contributed by atoms with Crippen LogP contribution in [-0.4, -0.2) is 38.6 Å². The summed E-state index contributed by atoms with van der Waals surface area (Å²) in [6, 6.07) is 5.38. The Morgan fingerprint density at radius 2 is 2.02 bits per heavy atom. The molecular weight excluding hydrogens is 549 g/mol. The van der Waals surface area contributed by atoms with Crippen molar-refractivity contribution in [1.29, 1.82) is 0 Å². The number of fused-ring (bicyclic) bond motifs is 1. The van der Waals surface area contributed by atoms with Crippen LogP contribution in [0.15, 0.2) is 35.3 Å². The average molecular weight is 579 g/mol. The van der Waals surface area contributed by atoms with Gasteiger partial charge in [-0.3, -0.25) is 14.3 Å². The SMILES string of the molecule is CC(C)C(=O)Nc1nn(Cc2ccccc2C(F)(F)F)c2c1CN(c1cnn(C3CCCCO3)c(=O)c1Cl)CC2. The molecule has 1 atom stereocenters. The minimum Gasteiger partial charge on any atom is -0.364 e. The van der Waals surface area contributed by atoms with Crippen molar-refractivity contribution in [2.75, 3.05) is 23.4 Å². The average Bonchev–Trinajstić information content (AvgIpc) is 3.26. The van der Waals surface area contributed by atoms with E-state index in [1.807, 2.05) is 4.90 Å². The molecule has 1 amide bonds. The van der Waals surface area contributed by atoms with E-state index in [1.54, 1.807) is 19.9 Å². The van der Waals surface area contributed by atoms with Gasteiger partial charge < -0.3 is 15.0 Å². The Balaban J connectivity index is 1.48. The summed E-state index contributed by atoms with van der Waals surface area (Å²) in [6.07, 6.45) is -0.514. The zero-order chi connectivity index (χ0) is 28.6. The largest absolute Gasteiger partial charge is 0.416 e. The molecule has 1 N–H and O–H groups in total. The number of alkyl halides is 3. The molecule has 2 aromatic heterocycles. The normalized spacial score (nSPS) is 17.7. The van der Waals surface area contributed by atoms with Crippen molar-refractivity contribution >= 4 is 29.0 Å². The maximum atomic E-state index is 13.7. The maximum absolute atomic E-state index is 13.7. The van der Waals surface area contributed by atoms with Crippen LogP contribution < -0.4 is 15.8 Å². The van der Waals surface area contributed by atoms with Crippen molar-refractivity contribution < 1.29 is 22.7 Å². The van der Waals surface area contributed by atoms with E-state index in [-0.39, 0.29) is 41.3 Å². The number of benzene rings is 1. The monoisotopic (exact) mass is 578 g/mol. The molecule has 1 fully saturated rings. The van der Waals surface area contributed by atoms with Gasteiger partial charge in [-0.05, 0) is 30.9 Å². The number of halogens is 4. The number of anilines is 2. The fourth-order valence-electron chi connectivity index (χ4n) is 5.06. The molecule has 0 spiro atoms. The van der Waals surface area contributed by atoms with Gasteiger partial charge >= 0.3 is 6.18 Å². The standard InChI is InChI=1S/C27H30ClF3N6O3/c1-16(2)25(38)33-24-18-15-35(21-13-32-37(26(39)23(21)28)22-9-5-6-12-40-22)11-10-20(18)36(34-24)14-17-7-3-4-8-19(17)27(29,30)31/h3-4,7-8,13,16,22H,5-6,9-12,14-15H2,1-2H3,(H,33,34,38). The number of aromatic nitrogens is 4. The van der Waals surface area contributed by atoms with Gasteiger partial charge in [0.15, 0.2) is 12.0 Å². The molecular formula is C27H30ClF3N6O3.